The average molecular weight is 407 g/mol. The van der Waals surface area contributed by atoms with E-state index in [9.17, 15) is 17.6 Å². The Morgan fingerprint density at radius 2 is 1.89 bits per heavy atom. The molecule has 0 aliphatic carbocycles. The minimum absolute atomic E-state index is 0.0220. The van der Waals surface area contributed by atoms with Crippen molar-refractivity contribution in [1.29, 1.82) is 0 Å². The van der Waals surface area contributed by atoms with Gasteiger partial charge in [0.05, 0.1) is 11.4 Å². The number of fused-ring (bicyclic) bond motifs is 1. The summed E-state index contributed by atoms with van der Waals surface area (Å²) in [5.41, 5.74) is 1.33. The number of carbonyl (C=O) groups excluding carboxylic acids is 1. The quantitative estimate of drug-likeness (QED) is 0.825. The number of nitrogens with zero attached hydrogens (tertiary/aromatic N) is 2. The summed E-state index contributed by atoms with van der Waals surface area (Å²) in [6, 6.07) is 12.5. The Kier molecular flexibility index (Phi) is 5.81. The van der Waals surface area contributed by atoms with Crippen LogP contribution in [0.2, 0.25) is 0 Å². The lowest BCUT2D eigenvalue weighted by molar-refractivity contribution is -0.118. The number of nitrogens with one attached hydrogen (secondary N) is 1. The van der Waals surface area contributed by atoms with Crippen molar-refractivity contribution in [2.75, 3.05) is 17.2 Å². The number of hydrogen-bond donors (Lipinski definition) is 1. The van der Waals surface area contributed by atoms with Crippen molar-refractivity contribution in [2.24, 2.45) is 4.40 Å². The van der Waals surface area contributed by atoms with Gasteiger partial charge in [-0.3, -0.25) is 4.79 Å². The zero-order chi connectivity index (χ0) is 19.4. The molecule has 0 saturated heterocycles. The number of amidine groups is 1. The zero-order valence-electron chi connectivity index (χ0n) is 14.6. The number of anilines is 1. The number of para-hydroxylation sites is 1. The zero-order valence-corrected chi connectivity index (χ0v) is 16.2. The number of rotatable bonds is 5. The maximum atomic E-state index is 12.9. The maximum Gasteiger partial charge on any atom is 0.286 e. The molecule has 27 heavy (non-hydrogen) atoms. The molecule has 0 bridgehead atoms. The normalized spacial score (nSPS) is 15.0. The number of hydrogen-bond acceptors (Lipinski definition) is 5. The third-order valence-corrected chi connectivity index (χ3v) is 6.32. The standard InChI is InChI=1S/C18H18FN3O3S2/c1-2-22-15-5-3-4-6-16(15)27(24,25)21-18(22)26-12-17(23)20-11-13-7-9-14(19)10-8-13/h3-10H,2,11-12H2,1H3,(H,20,23). The molecular weight excluding hydrogens is 389 g/mol. The SMILES string of the molecule is CCN1C(SCC(=O)NCc2ccc(F)cc2)=NS(=O)(=O)c2ccccc21. The van der Waals surface area contributed by atoms with Crippen molar-refractivity contribution in [2.45, 2.75) is 18.4 Å². The Bertz CT molecular complexity index is 976. The molecule has 142 valence electrons. The topological polar surface area (TPSA) is 78.8 Å². The molecule has 0 fully saturated rings. The minimum atomic E-state index is -3.78. The van der Waals surface area contributed by atoms with Gasteiger partial charge in [0.1, 0.15) is 10.7 Å². The molecule has 0 atom stereocenters. The van der Waals surface area contributed by atoms with E-state index in [1.165, 1.54) is 18.2 Å². The highest BCUT2D eigenvalue weighted by Gasteiger charge is 2.30. The lowest BCUT2D eigenvalue weighted by atomic mass is 10.2. The molecular formula is C18H18FN3O3S2. The van der Waals surface area contributed by atoms with Crippen LogP contribution in [0, 0.1) is 5.82 Å². The summed E-state index contributed by atoms with van der Waals surface area (Å²) in [6.45, 7) is 2.68. The Morgan fingerprint density at radius 1 is 1.19 bits per heavy atom. The van der Waals surface area contributed by atoms with Gasteiger partial charge in [-0.05, 0) is 36.8 Å². The molecule has 1 aliphatic heterocycles. The van der Waals surface area contributed by atoms with Gasteiger partial charge in [0.25, 0.3) is 10.0 Å². The summed E-state index contributed by atoms with van der Waals surface area (Å²) in [7, 11) is -3.78. The number of amides is 1. The molecule has 0 aromatic heterocycles. The number of carbonyl (C=O) groups is 1. The molecule has 0 spiro atoms. The third-order valence-electron chi connectivity index (χ3n) is 3.91. The van der Waals surface area contributed by atoms with E-state index in [0.717, 1.165) is 17.3 Å². The molecule has 2 aromatic carbocycles. The van der Waals surface area contributed by atoms with Crippen molar-refractivity contribution in [3.63, 3.8) is 0 Å². The van der Waals surface area contributed by atoms with Crippen LogP contribution in [0.15, 0.2) is 57.8 Å². The lowest BCUT2D eigenvalue weighted by Gasteiger charge is -2.29. The summed E-state index contributed by atoms with van der Waals surface area (Å²) < 4.78 is 41.5. The summed E-state index contributed by atoms with van der Waals surface area (Å²) in [5.74, 6) is -0.578. The van der Waals surface area contributed by atoms with E-state index in [0.29, 0.717) is 12.2 Å². The Balaban J connectivity index is 1.65. The number of sulfonamides is 1. The van der Waals surface area contributed by atoms with Crippen LogP contribution in [0.1, 0.15) is 12.5 Å². The average Bonchev–Trinajstić information content (AvgIpc) is 2.66. The molecule has 1 N–H and O–H groups in total. The third kappa shape index (κ3) is 4.48. The number of benzene rings is 2. The Labute approximate surface area is 161 Å². The van der Waals surface area contributed by atoms with Crippen LogP contribution in [0.3, 0.4) is 0 Å². The molecule has 0 saturated carbocycles. The van der Waals surface area contributed by atoms with Crippen molar-refractivity contribution in [3.8, 4) is 0 Å². The highest BCUT2D eigenvalue weighted by molar-refractivity contribution is 8.15. The van der Waals surface area contributed by atoms with Crippen LogP contribution in [0.25, 0.3) is 0 Å². The van der Waals surface area contributed by atoms with Gasteiger partial charge in [-0.2, -0.15) is 8.42 Å². The highest BCUT2D eigenvalue weighted by atomic mass is 32.2. The lowest BCUT2D eigenvalue weighted by Crippen LogP contribution is -2.35. The van der Waals surface area contributed by atoms with Gasteiger partial charge >= 0.3 is 0 Å². The second-order valence-electron chi connectivity index (χ2n) is 5.75. The highest BCUT2D eigenvalue weighted by Crippen LogP contribution is 2.33. The van der Waals surface area contributed by atoms with Crippen LogP contribution >= 0.6 is 11.8 Å². The summed E-state index contributed by atoms with van der Waals surface area (Å²) in [6.07, 6.45) is 0. The number of thioether (sulfide) groups is 1. The fourth-order valence-corrected chi connectivity index (χ4v) is 4.94. The van der Waals surface area contributed by atoms with Crippen LogP contribution in [0.4, 0.5) is 10.1 Å². The molecule has 6 nitrogen and oxygen atoms in total. The Morgan fingerprint density at radius 3 is 2.59 bits per heavy atom. The molecule has 1 heterocycles. The van der Waals surface area contributed by atoms with Crippen LogP contribution in [0.5, 0.6) is 0 Å². The van der Waals surface area contributed by atoms with E-state index < -0.39 is 10.0 Å². The first-order chi connectivity index (χ1) is 12.9. The largest absolute Gasteiger partial charge is 0.351 e. The van der Waals surface area contributed by atoms with Gasteiger partial charge in [-0.15, -0.1) is 4.40 Å². The van der Waals surface area contributed by atoms with E-state index in [-0.39, 0.29) is 34.1 Å². The van der Waals surface area contributed by atoms with Gasteiger partial charge in [0.15, 0.2) is 5.17 Å². The van der Waals surface area contributed by atoms with Gasteiger partial charge in [-0.25, -0.2) is 4.39 Å². The first-order valence-corrected chi connectivity index (χ1v) is 10.7. The first-order valence-electron chi connectivity index (χ1n) is 8.26. The van der Waals surface area contributed by atoms with E-state index in [4.69, 9.17) is 0 Å². The van der Waals surface area contributed by atoms with E-state index in [1.54, 1.807) is 35.2 Å². The van der Waals surface area contributed by atoms with E-state index in [1.807, 2.05) is 6.92 Å². The molecule has 0 unspecified atom stereocenters. The summed E-state index contributed by atoms with van der Waals surface area (Å²) in [5, 5.41) is 3.00. The van der Waals surface area contributed by atoms with E-state index in [2.05, 4.69) is 9.71 Å². The van der Waals surface area contributed by atoms with Gasteiger partial charge < -0.3 is 10.2 Å². The predicted octanol–water partition coefficient (Wildman–Crippen LogP) is 2.76. The van der Waals surface area contributed by atoms with Crippen LogP contribution in [-0.2, 0) is 21.4 Å². The predicted molar refractivity (Wildman–Crippen MR) is 105 cm³/mol. The second-order valence-corrected chi connectivity index (χ2v) is 8.27. The van der Waals surface area contributed by atoms with Gasteiger partial charge in [-0.1, -0.05) is 36.0 Å². The molecule has 0 radical (unpaired) electrons. The Hall–Kier alpha value is -2.39. The van der Waals surface area contributed by atoms with Crippen LogP contribution in [-0.4, -0.2) is 31.8 Å². The van der Waals surface area contributed by atoms with Crippen molar-refractivity contribution in [1.82, 2.24) is 5.32 Å². The minimum Gasteiger partial charge on any atom is -0.351 e. The maximum absolute atomic E-state index is 12.9. The number of halogens is 1. The summed E-state index contributed by atoms with van der Waals surface area (Å²) >= 11 is 1.07. The van der Waals surface area contributed by atoms with Crippen molar-refractivity contribution >= 4 is 38.5 Å². The van der Waals surface area contributed by atoms with Crippen LogP contribution < -0.4 is 10.2 Å². The van der Waals surface area contributed by atoms with Gasteiger partial charge in [0.2, 0.25) is 5.91 Å². The molecule has 3 rings (SSSR count). The fourth-order valence-electron chi connectivity index (χ4n) is 2.60. The van der Waals surface area contributed by atoms with E-state index >= 15 is 0 Å². The summed E-state index contributed by atoms with van der Waals surface area (Å²) in [4.78, 5) is 14.0. The smallest absolute Gasteiger partial charge is 0.286 e. The molecule has 1 amide bonds. The monoisotopic (exact) mass is 407 g/mol. The first kappa shape index (κ1) is 19.4. The molecule has 2 aromatic rings. The molecule has 1 aliphatic rings. The second kappa shape index (κ2) is 8.10. The molecule has 9 heteroatoms. The van der Waals surface area contributed by atoms with Gasteiger partial charge in [0, 0.05) is 13.1 Å². The van der Waals surface area contributed by atoms with Crippen molar-refractivity contribution < 1.29 is 17.6 Å². The fraction of sp³-hybridized carbons (Fsp3) is 0.222. The van der Waals surface area contributed by atoms with Crippen molar-refractivity contribution in [3.05, 3.63) is 59.9 Å².